The van der Waals surface area contributed by atoms with E-state index in [1.54, 1.807) is 22.9 Å². The van der Waals surface area contributed by atoms with Crippen LogP contribution in [0.1, 0.15) is 22.3 Å². The second kappa shape index (κ2) is 5.74. The number of carbonyl (C=O) groups excluding carboxylic acids is 2. The van der Waals surface area contributed by atoms with E-state index >= 15 is 0 Å². The Labute approximate surface area is 121 Å². The molecule has 1 aromatic rings. The topological polar surface area (TPSA) is 40.6 Å². The van der Waals surface area contributed by atoms with E-state index in [1.807, 2.05) is 19.1 Å². The quantitative estimate of drug-likeness (QED) is 0.793. The maximum Gasteiger partial charge on any atom is 0.254 e. The zero-order valence-electron chi connectivity index (χ0n) is 11.1. The van der Waals surface area contributed by atoms with E-state index in [1.165, 1.54) is 0 Å². The molecule has 4 nitrogen and oxygen atoms in total. The van der Waals surface area contributed by atoms with Gasteiger partial charge in [0.2, 0.25) is 5.91 Å². The molecule has 0 atom stereocenters. The monoisotopic (exact) mass is 324 g/mol. The van der Waals surface area contributed by atoms with Gasteiger partial charge >= 0.3 is 0 Å². The summed E-state index contributed by atoms with van der Waals surface area (Å²) in [6.45, 7) is 3.45. The van der Waals surface area contributed by atoms with Crippen LogP contribution in [0.4, 0.5) is 0 Å². The fourth-order valence-electron chi connectivity index (χ4n) is 2.20. The molecule has 1 fully saturated rings. The highest BCUT2D eigenvalue weighted by molar-refractivity contribution is 9.10. The zero-order valence-corrected chi connectivity index (χ0v) is 12.7. The molecule has 0 spiro atoms. The van der Waals surface area contributed by atoms with Gasteiger partial charge in [0.1, 0.15) is 6.54 Å². The molecule has 1 aliphatic heterocycles. The highest BCUT2D eigenvalue weighted by Gasteiger charge is 2.23. The maximum absolute atomic E-state index is 12.4. The number of rotatable bonds is 1. The fraction of sp³-hybridized carbons (Fsp3) is 0.429. The standard InChI is InChI=1S/C14H17BrN2O2/c1-10-6-11(8-12(15)7-10)14(19)17-5-3-4-16(2)13(18)9-17/h6-8H,3-5,9H2,1-2H3. The number of benzene rings is 1. The number of nitrogens with zero attached hydrogens (tertiary/aromatic N) is 2. The third-order valence-corrected chi connectivity index (χ3v) is 3.71. The molecule has 1 aliphatic rings. The van der Waals surface area contributed by atoms with E-state index < -0.39 is 0 Å². The van der Waals surface area contributed by atoms with E-state index in [0.29, 0.717) is 18.7 Å². The molecule has 1 saturated heterocycles. The molecule has 5 heteroatoms. The van der Waals surface area contributed by atoms with Crippen molar-refractivity contribution in [2.24, 2.45) is 0 Å². The van der Waals surface area contributed by atoms with Gasteiger partial charge in [-0.3, -0.25) is 9.59 Å². The van der Waals surface area contributed by atoms with Crippen LogP contribution in [0.3, 0.4) is 0 Å². The maximum atomic E-state index is 12.4. The largest absolute Gasteiger partial charge is 0.344 e. The van der Waals surface area contributed by atoms with Crippen molar-refractivity contribution >= 4 is 27.7 Å². The molecule has 2 rings (SSSR count). The Morgan fingerprint density at radius 3 is 2.68 bits per heavy atom. The van der Waals surface area contributed by atoms with Crippen molar-refractivity contribution < 1.29 is 9.59 Å². The SMILES string of the molecule is Cc1cc(Br)cc(C(=O)N2CCCN(C)C(=O)C2)c1. The predicted molar refractivity (Wildman–Crippen MR) is 77.0 cm³/mol. The van der Waals surface area contributed by atoms with Crippen molar-refractivity contribution in [2.45, 2.75) is 13.3 Å². The summed E-state index contributed by atoms with van der Waals surface area (Å²) in [5.41, 5.74) is 1.65. The van der Waals surface area contributed by atoms with Gasteiger partial charge < -0.3 is 9.80 Å². The molecule has 0 radical (unpaired) electrons. The van der Waals surface area contributed by atoms with Gasteiger partial charge in [-0.05, 0) is 37.1 Å². The molecule has 102 valence electrons. The van der Waals surface area contributed by atoms with Crippen LogP contribution in [0.25, 0.3) is 0 Å². The lowest BCUT2D eigenvalue weighted by molar-refractivity contribution is -0.129. The summed E-state index contributed by atoms with van der Waals surface area (Å²) in [4.78, 5) is 27.6. The molecule has 1 heterocycles. The lowest BCUT2D eigenvalue weighted by atomic mass is 10.1. The number of hydrogen-bond acceptors (Lipinski definition) is 2. The Morgan fingerprint density at radius 1 is 1.26 bits per heavy atom. The first-order chi connectivity index (χ1) is 8.97. The smallest absolute Gasteiger partial charge is 0.254 e. The third kappa shape index (κ3) is 3.35. The van der Waals surface area contributed by atoms with Gasteiger partial charge in [-0.25, -0.2) is 0 Å². The van der Waals surface area contributed by atoms with Crippen LogP contribution in [0, 0.1) is 6.92 Å². The predicted octanol–water partition coefficient (Wildman–Crippen LogP) is 2.06. The number of carbonyl (C=O) groups is 2. The number of aryl methyl sites for hydroxylation is 1. The Kier molecular flexibility index (Phi) is 4.24. The van der Waals surface area contributed by atoms with E-state index in [-0.39, 0.29) is 18.4 Å². The molecule has 0 N–H and O–H groups in total. The Balaban J connectivity index is 2.21. The molecule has 0 unspecified atom stereocenters. The van der Waals surface area contributed by atoms with Crippen LogP contribution >= 0.6 is 15.9 Å². The zero-order chi connectivity index (χ0) is 14.0. The van der Waals surface area contributed by atoms with Crippen LogP contribution in [0.2, 0.25) is 0 Å². The van der Waals surface area contributed by atoms with Gasteiger partial charge in [0.05, 0.1) is 0 Å². The second-order valence-corrected chi connectivity index (χ2v) is 5.83. The minimum Gasteiger partial charge on any atom is -0.344 e. The van der Waals surface area contributed by atoms with Gasteiger partial charge in [-0.1, -0.05) is 15.9 Å². The van der Waals surface area contributed by atoms with Crippen molar-refractivity contribution in [1.82, 2.24) is 9.80 Å². The Hall–Kier alpha value is -1.36. The van der Waals surface area contributed by atoms with Crippen LogP contribution in [-0.2, 0) is 4.79 Å². The molecular weight excluding hydrogens is 308 g/mol. The van der Waals surface area contributed by atoms with Gasteiger partial charge in [0.25, 0.3) is 5.91 Å². The van der Waals surface area contributed by atoms with Crippen LogP contribution in [0.5, 0.6) is 0 Å². The van der Waals surface area contributed by atoms with Crippen molar-refractivity contribution in [3.63, 3.8) is 0 Å². The summed E-state index contributed by atoms with van der Waals surface area (Å²) in [5, 5.41) is 0. The Bertz CT molecular complexity index is 496. The molecular formula is C14H17BrN2O2. The van der Waals surface area contributed by atoms with E-state index in [4.69, 9.17) is 0 Å². The number of likely N-dealkylation sites (N-methyl/N-ethyl adjacent to an activating group) is 1. The Morgan fingerprint density at radius 2 is 2.00 bits per heavy atom. The van der Waals surface area contributed by atoms with E-state index in [9.17, 15) is 9.59 Å². The summed E-state index contributed by atoms with van der Waals surface area (Å²) in [7, 11) is 1.78. The van der Waals surface area contributed by atoms with Crippen molar-refractivity contribution in [3.8, 4) is 0 Å². The van der Waals surface area contributed by atoms with Crippen LogP contribution < -0.4 is 0 Å². The molecule has 19 heavy (non-hydrogen) atoms. The van der Waals surface area contributed by atoms with Gasteiger partial charge in [0.15, 0.2) is 0 Å². The molecule has 0 saturated carbocycles. The lowest BCUT2D eigenvalue weighted by Gasteiger charge is -2.20. The second-order valence-electron chi connectivity index (χ2n) is 4.91. The first-order valence-corrected chi connectivity index (χ1v) is 7.07. The van der Waals surface area contributed by atoms with Gasteiger partial charge in [-0.15, -0.1) is 0 Å². The number of amides is 2. The van der Waals surface area contributed by atoms with Crippen LogP contribution in [-0.4, -0.2) is 48.3 Å². The van der Waals surface area contributed by atoms with E-state index in [0.717, 1.165) is 16.5 Å². The third-order valence-electron chi connectivity index (χ3n) is 3.25. The fourth-order valence-corrected chi connectivity index (χ4v) is 2.81. The molecule has 1 aromatic carbocycles. The summed E-state index contributed by atoms with van der Waals surface area (Å²) in [6, 6.07) is 5.61. The summed E-state index contributed by atoms with van der Waals surface area (Å²) in [6.07, 6.45) is 0.820. The number of hydrogen-bond donors (Lipinski definition) is 0. The molecule has 2 amide bonds. The molecule has 0 aromatic heterocycles. The van der Waals surface area contributed by atoms with Crippen molar-refractivity contribution in [1.29, 1.82) is 0 Å². The molecule has 0 bridgehead atoms. The average Bonchev–Trinajstić information content (AvgIpc) is 2.50. The van der Waals surface area contributed by atoms with Crippen molar-refractivity contribution in [3.05, 3.63) is 33.8 Å². The van der Waals surface area contributed by atoms with Crippen LogP contribution in [0.15, 0.2) is 22.7 Å². The van der Waals surface area contributed by atoms with E-state index in [2.05, 4.69) is 15.9 Å². The highest BCUT2D eigenvalue weighted by Crippen LogP contribution is 2.17. The van der Waals surface area contributed by atoms with Crippen molar-refractivity contribution in [2.75, 3.05) is 26.7 Å². The van der Waals surface area contributed by atoms with Gasteiger partial charge in [0, 0.05) is 30.2 Å². The average molecular weight is 325 g/mol. The van der Waals surface area contributed by atoms with Gasteiger partial charge in [-0.2, -0.15) is 0 Å². The first-order valence-electron chi connectivity index (χ1n) is 6.28. The minimum atomic E-state index is -0.0759. The summed E-state index contributed by atoms with van der Waals surface area (Å²) in [5.74, 6) is -0.0781. The normalized spacial score (nSPS) is 16.5. The lowest BCUT2D eigenvalue weighted by Crippen LogP contribution is -2.38. The number of halogens is 1. The molecule has 0 aliphatic carbocycles. The first kappa shape index (κ1) is 14.1. The summed E-state index contributed by atoms with van der Waals surface area (Å²) >= 11 is 3.40. The highest BCUT2D eigenvalue weighted by atomic mass is 79.9. The minimum absolute atomic E-state index is 0.00225. The summed E-state index contributed by atoms with van der Waals surface area (Å²) < 4.78 is 0.883.